The Balaban J connectivity index is 1.86. The molecule has 1 heterocycles. The molecule has 5 nitrogen and oxygen atoms in total. The lowest BCUT2D eigenvalue weighted by molar-refractivity contribution is 0.121. The molecule has 1 aromatic carbocycles. The summed E-state index contributed by atoms with van der Waals surface area (Å²) in [6.07, 6.45) is 4.43. The van der Waals surface area contributed by atoms with Crippen molar-refractivity contribution >= 4 is 17.7 Å². The van der Waals surface area contributed by atoms with Crippen molar-refractivity contribution in [3.63, 3.8) is 0 Å². The quantitative estimate of drug-likeness (QED) is 0.459. The molecule has 1 aliphatic heterocycles. The number of halogens is 1. The van der Waals surface area contributed by atoms with Crippen molar-refractivity contribution in [3.05, 3.63) is 35.1 Å². The van der Waals surface area contributed by atoms with E-state index in [1.165, 1.54) is 18.9 Å². The monoisotopic (exact) mass is 410 g/mol. The number of nitrogens with one attached hydrogen (secondary N) is 2. The SMILES string of the molecule is CCNC(=NCc1ccc(F)cc1CSC)NCC1CCN(CCOC)CC1. The minimum atomic E-state index is -0.182. The van der Waals surface area contributed by atoms with Gasteiger partial charge in [-0.05, 0) is 68.3 Å². The van der Waals surface area contributed by atoms with Crippen LogP contribution in [0.25, 0.3) is 0 Å². The lowest BCUT2D eigenvalue weighted by atomic mass is 9.97. The molecule has 7 heteroatoms. The first-order valence-corrected chi connectivity index (χ1v) is 11.5. The van der Waals surface area contributed by atoms with Crippen LogP contribution < -0.4 is 10.6 Å². The van der Waals surface area contributed by atoms with Crippen LogP contribution >= 0.6 is 11.8 Å². The van der Waals surface area contributed by atoms with Crippen LogP contribution in [0.2, 0.25) is 0 Å². The van der Waals surface area contributed by atoms with E-state index in [1.807, 2.05) is 12.3 Å². The Morgan fingerprint density at radius 2 is 2.07 bits per heavy atom. The van der Waals surface area contributed by atoms with Gasteiger partial charge in [-0.2, -0.15) is 11.8 Å². The molecule has 28 heavy (non-hydrogen) atoms. The summed E-state index contributed by atoms with van der Waals surface area (Å²) in [4.78, 5) is 7.21. The summed E-state index contributed by atoms with van der Waals surface area (Å²) >= 11 is 1.70. The van der Waals surface area contributed by atoms with Crippen LogP contribution in [0.4, 0.5) is 4.39 Å². The molecule has 0 atom stereocenters. The van der Waals surface area contributed by atoms with Gasteiger partial charge in [0.15, 0.2) is 5.96 Å². The number of likely N-dealkylation sites (tertiary alicyclic amines) is 1. The number of guanidine groups is 1. The van der Waals surface area contributed by atoms with Crippen LogP contribution in [0, 0.1) is 11.7 Å². The van der Waals surface area contributed by atoms with Gasteiger partial charge in [-0.25, -0.2) is 9.38 Å². The zero-order valence-electron chi connectivity index (χ0n) is 17.5. The normalized spacial score (nSPS) is 16.4. The predicted molar refractivity (Wildman–Crippen MR) is 117 cm³/mol. The van der Waals surface area contributed by atoms with Gasteiger partial charge in [0.2, 0.25) is 0 Å². The van der Waals surface area contributed by atoms with E-state index in [-0.39, 0.29) is 5.82 Å². The van der Waals surface area contributed by atoms with E-state index >= 15 is 0 Å². The van der Waals surface area contributed by atoms with Crippen LogP contribution in [0.1, 0.15) is 30.9 Å². The van der Waals surface area contributed by atoms with Crippen molar-refractivity contribution in [2.75, 3.05) is 52.7 Å². The number of rotatable bonds is 10. The van der Waals surface area contributed by atoms with Gasteiger partial charge in [-0.15, -0.1) is 0 Å². The average molecular weight is 411 g/mol. The third-order valence-corrected chi connectivity index (χ3v) is 5.70. The molecule has 0 radical (unpaired) electrons. The minimum absolute atomic E-state index is 0.182. The molecular weight excluding hydrogens is 375 g/mol. The van der Waals surface area contributed by atoms with Crippen LogP contribution in [-0.2, 0) is 17.0 Å². The Morgan fingerprint density at radius 1 is 1.29 bits per heavy atom. The zero-order chi connectivity index (χ0) is 20.2. The van der Waals surface area contributed by atoms with Crippen molar-refractivity contribution in [2.24, 2.45) is 10.9 Å². The van der Waals surface area contributed by atoms with E-state index in [4.69, 9.17) is 9.73 Å². The summed E-state index contributed by atoms with van der Waals surface area (Å²) in [5.41, 5.74) is 2.11. The summed E-state index contributed by atoms with van der Waals surface area (Å²) in [6, 6.07) is 5.00. The molecule has 158 valence electrons. The van der Waals surface area contributed by atoms with E-state index in [9.17, 15) is 4.39 Å². The lowest BCUT2D eigenvalue weighted by Crippen LogP contribution is -2.43. The number of thioether (sulfide) groups is 1. The Morgan fingerprint density at radius 3 is 2.75 bits per heavy atom. The second-order valence-electron chi connectivity index (χ2n) is 7.20. The molecule has 0 bridgehead atoms. The molecule has 2 N–H and O–H groups in total. The first-order valence-electron chi connectivity index (χ1n) is 10.2. The molecule has 2 rings (SSSR count). The van der Waals surface area contributed by atoms with E-state index < -0.39 is 0 Å². The zero-order valence-corrected chi connectivity index (χ0v) is 18.3. The number of aliphatic imine (C=N–C) groups is 1. The molecule has 1 aliphatic rings. The molecule has 1 fully saturated rings. The minimum Gasteiger partial charge on any atom is -0.383 e. The van der Waals surface area contributed by atoms with Gasteiger partial charge in [0.05, 0.1) is 13.2 Å². The number of hydrogen-bond acceptors (Lipinski definition) is 4. The number of methoxy groups -OCH3 is 1. The largest absolute Gasteiger partial charge is 0.383 e. The van der Waals surface area contributed by atoms with Crippen molar-refractivity contribution in [3.8, 4) is 0 Å². The fraction of sp³-hybridized carbons (Fsp3) is 0.667. The molecular formula is C21H35FN4OS. The van der Waals surface area contributed by atoms with Crippen molar-refractivity contribution < 1.29 is 9.13 Å². The number of benzene rings is 1. The fourth-order valence-corrected chi connectivity index (χ4v) is 4.00. The van der Waals surface area contributed by atoms with Gasteiger partial charge in [0.25, 0.3) is 0 Å². The highest BCUT2D eigenvalue weighted by molar-refractivity contribution is 7.97. The molecule has 0 amide bonds. The molecule has 0 saturated carbocycles. The van der Waals surface area contributed by atoms with Gasteiger partial charge in [0.1, 0.15) is 5.82 Å². The molecule has 0 aromatic heterocycles. The molecule has 0 unspecified atom stereocenters. The third kappa shape index (κ3) is 7.97. The Labute approximate surface area is 173 Å². The highest BCUT2D eigenvalue weighted by Gasteiger charge is 2.19. The number of piperidine rings is 1. The first kappa shape index (κ1) is 23.0. The summed E-state index contributed by atoms with van der Waals surface area (Å²) in [6.45, 7) is 8.49. The first-order chi connectivity index (χ1) is 13.7. The summed E-state index contributed by atoms with van der Waals surface area (Å²) in [7, 11) is 1.76. The van der Waals surface area contributed by atoms with E-state index in [0.717, 1.165) is 62.2 Å². The maximum absolute atomic E-state index is 13.5. The smallest absolute Gasteiger partial charge is 0.191 e. The Hall–Kier alpha value is -1.31. The van der Waals surface area contributed by atoms with Gasteiger partial charge in [-0.3, -0.25) is 0 Å². The van der Waals surface area contributed by atoms with Crippen molar-refractivity contribution in [2.45, 2.75) is 32.1 Å². The van der Waals surface area contributed by atoms with Gasteiger partial charge >= 0.3 is 0 Å². The standard InChI is InChI=1S/C21H35FN4OS/c1-4-23-21(24-14-17-7-9-26(10-8-17)11-12-27-2)25-15-18-5-6-20(22)13-19(18)16-28-3/h5-6,13,17H,4,7-12,14-16H2,1-3H3,(H2,23,24,25). The summed E-state index contributed by atoms with van der Waals surface area (Å²) in [5.74, 6) is 2.12. The van der Waals surface area contributed by atoms with Crippen LogP contribution in [-0.4, -0.2) is 63.6 Å². The Bertz CT molecular complexity index is 606. The van der Waals surface area contributed by atoms with E-state index in [2.05, 4.69) is 22.5 Å². The summed E-state index contributed by atoms with van der Waals surface area (Å²) < 4.78 is 18.7. The van der Waals surface area contributed by atoms with Crippen LogP contribution in [0.3, 0.4) is 0 Å². The van der Waals surface area contributed by atoms with E-state index in [1.54, 1.807) is 24.9 Å². The average Bonchev–Trinajstić information content (AvgIpc) is 2.70. The highest BCUT2D eigenvalue weighted by atomic mass is 32.2. The fourth-order valence-electron chi connectivity index (χ4n) is 3.42. The van der Waals surface area contributed by atoms with Crippen LogP contribution in [0.5, 0.6) is 0 Å². The molecule has 1 aromatic rings. The third-order valence-electron chi connectivity index (χ3n) is 5.10. The molecule has 0 spiro atoms. The summed E-state index contributed by atoms with van der Waals surface area (Å²) in [5, 5.41) is 6.82. The second kappa shape index (κ2) is 13.0. The highest BCUT2D eigenvalue weighted by Crippen LogP contribution is 2.18. The number of nitrogens with zero attached hydrogens (tertiary/aromatic N) is 2. The van der Waals surface area contributed by atoms with Crippen molar-refractivity contribution in [1.82, 2.24) is 15.5 Å². The second-order valence-corrected chi connectivity index (χ2v) is 8.07. The number of ether oxygens (including phenoxy) is 1. The van der Waals surface area contributed by atoms with Crippen molar-refractivity contribution in [1.29, 1.82) is 0 Å². The lowest BCUT2D eigenvalue weighted by Gasteiger charge is -2.32. The Kier molecular flexibility index (Phi) is 10.7. The van der Waals surface area contributed by atoms with E-state index in [0.29, 0.717) is 12.5 Å². The topological polar surface area (TPSA) is 48.9 Å². The van der Waals surface area contributed by atoms with Gasteiger partial charge in [0, 0.05) is 32.5 Å². The van der Waals surface area contributed by atoms with Gasteiger partial charge in [-0.1, -0.05) is 6.07 Å². The van der Waals surface area contributed by atoms with Crippen LogP contribution in [0.15, 0.2) is 23.2 Å². The molecule has 0 aliphatic carbocycles. The van der Waals surface area contributed by atoms with Gasteiger partial charge < -0.3 is 20.3 Å². The molecule has 1 saturated heterocycles. The maximum Gasteiger partial charge on any atom is 0.191 e. The number of hydrogen-bond donors (Lipinski definition) is 2. The maximum atomic E-state index is 13.5. The predicted octanol–water partition coefficient (Wildman–Crippen LogP) is 3.10.